The van der Waals surface area contributed by atoms with Gasteiger partial charge in [0, 0.05) is 4.47 Å². The Morgan fingerprint density at radius 1 is 1.29 bits per heavy atom. The van der Waals surface area contributed by atoms with Crippen LogP contribution in [-0.2, 0) is 6.18 Å². The first-order chi connectivity index (χ1) is 6.36. The minimum Gasteiger partial charge on any atom is -0.235 e. The number of alkyl halides is 3. The fourth-order valence-electron chi connectivity index (χ4n) is 0.840. The Labute approximate surface area is 85.3 Å². The van der Waals surface area contributed by atoms with Crippen molar-refractivity contribution in [2.24, 2.45) is 0 Å². The maximum Gasteiger partial charge on any atom is 0.416 e. The first-order valence-corrected chi connectivity index (χ1v) is 4.09. The minimum atomic E-state index is -4.59. The summed E-state index contributed by atoms with van der Waals surface area (Å²) in [5.74, 6) is -0.972. The van der Waals surface area contributed by atoms with Crippen molar-refractivity contribution in [2.75, 3.05) is 0 Å². The van der Waals surface area contributed by atoms with Crippen molar-refractivity contribution < 1.29 is 17.6 Å². The van der Waals surface area contributed by atoms with Crippen LogP contribution < -0.4 is 0 Å². The van der Waals surface area contributed by atoms with Gasteiger partial charge in [-0.3, -0.25) is 0 Å². The molecular weight excluding hydrogens is 266 g/mol. The lowest BCUT2D eigenvalue weighted by Crippen LogP contribution is -2.06. The molecule has 0 saturated carbocycles. The molecule has 0 aliphatic carbocycles. The Bertz CT molecular complexity index is 405. The quantitative estimate of drug-likeness (QED) is 0.491. The average molecular weight is 268 g/mol. The van der Waals surface area contributed by atoms with E-state index in [0.29, 0.717) is 12.1 Å². The van der Waals surface area contributed by atoms with E-state index in [1.807, 2.05) is 0 Å². The first kappa shape index (κ1) is 11.0. The molecule has 0 aliphatic heterocycles. The number of hydrogen-bond donors (Lipinski definition) is 0. The van der Waals surface area contributed by atoms with Crippen molar-refractivity contribution in [3.8, 4) is 0 Å². The summed E-state index contributed by atoms with van der Waals surface area (Å²) in [7, 11) is 0. The van der Waals surface area contributed by atoms with Crippen LogP contribution >= 0.6 is 15.9 Å². The summed E-state index contributed by atoms with van der Waals surface area (Å²) in [5.41, 5.74) is -1.69. The van der Waals surface area contributed by atoms with Gasteiger partial charge in [-0.25, -0.2) is 9.24 Å². The summed E-state index contributed by atoms with van der Waals surface area (Å²) in [6, 6.07) is 1.11. The second-order valence-corrected chi connectivity index (χ2v) is 3.25. The van der Waals surface area contributed by atoms with Gasteiger partial charge in [0.1, 0.15) is 5.82 Å². The molecule has 0 bridgehead atoms. The van der Waals surface area contributed by atoms with Crippen molar-refractivity contribution in [1.29, 1.82) is 0 Å². The van der Waals surface area contributed by atoms with Crippen LogP contribution in [0.5, 0.6) is 0 Å². The Kier molecular flexibility index (Phi) is 2.81. The van der Waals surface area contributed by atoms with E-state index in [4.69, 9.17) is 6.57 Å². The molecule has 0 heterocycles. The molecule has 6 heteroatoms. The monoisotopic (exact) mass is 267 g/mol. The molecule has 0 aliphatic rings. The van der Waals surface area contributed by atoms with Gasteiger partial charge in [-0.2, -0.15) is 13.2 Å². The molecule has 1 nitrogen and oxygen atoms in total. The lowest BCUT2D eigenvalue weighted by molar-refractivity contribution is -0.138. The van der Waals surface area contributed by atoms with Crippen LogP contribution in [0.2, 0.25) is 0 Å². The summed E-state index contributed by atoms with van der Waals surface area (Å²) < 4.78 is 49.1. The second-order valence-electron chi connectivity index (χ2n) is 2.39. The van der Waals surface area contributed by atoms with Crippen molar-refractivity contribution in [2.45, 2.75) is 6.18 Å². The molecule has 14 heavy (non-hydrogen) atoms. The van der Waals surface area contributed by atoms with Crippen molar-refractivity contribution in [1.82, 2.24) is 0 Å². The van der Waals surface area contributed by atoms with Crippen molar-refractivity contribution in [3.63, 3.8) is 0 Å². The molecule has 1 aromatic carbocycles. The van der Waals surface area contributed by atoms with E-state index in [2.05, 4.69) is 20.8 Å². The molecule has 74 valence electrons. The SMILES string of the molecule is [C-]#[N+]c1cc(C(F)(F)F)c(Br)cc1F. The largest absolute Gasteiger partial charge is 0.416 e. The first-order valence-electron chi connectivity index (χ1n) is 3.30. The van der Waals surface area contributed by atoms with Crippen LogP contribution in [0.15, 0.2) is 16.6 Å². The van der Waals surface area contributed by atoms with Gasteiger partial charge in [-0.15, -0.1) is 0 Å². The molecular formula is C8H2BrF4N. The highest BCUT2D eigenvalue weighted by atomic mass is 79.9. The maximum absolute atomic E-state index is 12.8. The summed E-state index contributed by atoms with van der Waals surface area (Å²) in [6.07, 6.45) is -4.59. The molecule has 0 N–H and O–H groups in total. The fraction of sp³-hybridized carbons (Fsp3) is 0.125. The molecule has 0 fully saturated rings. The number of halogens is 5. The van der Waals surface area contributed by atoms with Crippen LogP contribution in [0.1, 0.15) is 5.56 Å². The maximum atomic E-state index is 12.8. The zero-order valence-corrected chi connectivity index (χ0v) is 8.08. The third-order valence-corrected chi connectivity index (χ3v) is 2.12. The predicted molar refractivity (Wildman–Crippen MR) is 45.4 cm³/mol. The van der Waals surface area contributed by atoms with Gasteiger partial charge >= 0.3 is 6.18 Å². The van der Waals surface area contributed by atoms with E-state index in [1.165, 1.54) is 0 Å². The summed E-state index contributed by atoms with van der Waals surface area (Å²) in [4.78, 5) is 2.64. The summed E-state index contributed by atoms with van der Waals surface area (Å²) >= 11 is 2.58. The smallest absolute Gasteiger partial charge is 0.235 e. The van der Waals surface area contributed by atoms with Gasteiger partial charge in [0.15, 0.2) is 0 Å². The molecule has 0 saturated heterocycles. The lowest BCUT2D eigenvalue weighted by Gasteiger charge is -2.09. The van der Waals surface area contributed by atoms with Crippen LogP contribution in [0.3, 0.4) is 0 Å². The van der Waals surface area contributed by atoms with Crippen molar-refractivity contribution >= 4 is 21.6 Å². The van der Waals surface area contributed by atoms with Crippen molar-refractivity contribution in [3.05, 3.63) is 39.4 Å². The Hall–Kier alpha value is -1.09. The lowest BCUT2D eigenvalue weighted by atomic mass is 10.2. The molecule has 1 rings (SSSR count). The molecule has 0 unspecified atom stereocenters. The van der Waals surface area contributed by atoms with Gasteiger partial charge in [-0.05, 0) is 12.1 Å². The highest BCUT2D eigenvalue weighted by Gasteiger charge is 2.33. The number of nitrogens with zero attached hydrogens (tertiary/aromatic N) is 1. The Morgan fingerprint density at radius 3 is 2.29 bits per heavy atom. The van der Waals surface area contributed by atoms with E-state index < -0.39 is 27.7 Å². The normalized spacial score (nSPS) is 11.1. The molecule has 0 radical (unpaired) electrons. The Balaban J connectivity index is 3.41. The van der Waals surface area contributed by atoms with E-state index in [1.54, 1.807) is 0 Å². The fourth-order valence-corrected chi connectivity index (χ4v) is 1.38. The molecule has 0 atom stereocenters. The van der Waals surface area contributed by atoms with E-state index in [9.17, 15) is 17.6 Å². The van der Waals surface area contributed by atoms with Gasteiger partial charge in [0.05, 0.1) is 12.1 Å². The third-order valence-electron chi connectivity index (χ3n) is 1.46. The molecule has 0 aromatic heterocycles. The highest BCUT2D eigenvalue weighted by Crippen LogP contribution is 2.38. The predicted octanol–water partition coefficient (Wildman–Crippen LogP) is 4.16. The Morgan fingerprint density at radius 2 is 1.86 bits per heavy atom. The molecule has 1 aromatic rings. The molecule has 0 spiro atoms. The van der Waals surface area contributed by atoms with E-state index in [0.717, 1.165) is 0 Å². The average Bonchev–Trinajstić information content (AvgIpc) is 2.02. The number of hydrogen-bond acceptors (Lipinski definition) is 0. The van der Waals surface area contributed by atoms with Crippen LogP contribution in [0.25, 0.3) is 4.85 Å². The summed E-state index contributed by atoms with van der Waals surface area (Å²) in [6.45, 7) is 6.46. The zero-order chi connectivity index (χ0) is 10.9. The van der Waals surface area contributed by atoms with Gasteiger partial charge < -0.3 is 0 Å². The standard InChI is InChI=1S/C8H2BrF4N/c1-14-7-2-4(8(11,12)13)5(9)3-6(7)10/h2-3H. The van der Waals surface area contributed by atoms with Gasteiger partial charge in [0.2, 0.25) is 5.69 Å². The summed E-state index contributed by atoms with van der Waals surface area (Å²) in [5, 5.41) is 0. The van der Waals surface area contributed by atoms with Crippen LogP contribution in [0, 0.1) is 12.4 Å². The van der Waals surface area contributed by atoms with Crippen LogP contribution in [-0.4, -0.2) is 0 Å². The second kappa shape index (κ2) is 3.58. The van der Waals surface area contributed by atoms with Crippen LogP contribution in [0.4, 0.5) is 23.2 Å². The number of benzene rings is 1. The molecule has 0 amide bonds. The minimum absolute atomic E-state index is 0.407. The number of rotatable bonds is 0. The van der Waals surface area contributed by atoms with E-state index >= 15 is 0 Å². The zero-order valence-electron chi connectivity index (χ0n) is 6.49. The van der Waals surface area contributed by atoms with Gasteiger partial charge in [-0.1, -0.05) is 15.9 Å². The highest BCUT2D eigenvalue weighted by molar-refractivity contribution is 9.10. The topological polar surface area (TPSA) is 4.36 Å². The third kappa shape index (κ3) is 2.04. The van der Waals surface area contributed by atoms with Gasteiger partial charge in [0.25, 0.3) is 0 Å². The van der Waals surface area contributed by atoms with E-state index in [-0.39, 0.29) is 0 Å².